The van der Waals surface area contributed by atoms with Crippen LogP contribution in [0.4, 0.5) is 0 Å². The van der Waals surface area contributed by atoms with Gasteiger partial charge in [0.05, 0.1) is 36.1 Å². The molecule has 0 amide bonds. The third-order valence-corrected chi connectivity index (χ3v) is 16.0. The highest BCUT2D eigenvalue weighted by Crippen LogP contribution is 2.85. The molecule has 0 unspecified atom stereocenters. The van der Waals surface area contributed by atoms with E-state index < -0.39 is 69.7 Å². The van der Waals surface area contributed by atoms with Crippen LogP contribution >= 0.6 is 0 Å². The molecule has 10 rings (SSSR count). The molecule has 1 N–H and O–H groups in total. The van der Waals surface area contributed by atoms with Crippen LogP contribution in [-0.2, 0) is 33.3 Å². The number of furan rings is 1. The highest BCUT2D eigenvalue weighted by atomic mass is 16.7. The molecule has 13 atom stereocenters. The minimum atomic E-state index is -1.38. The van der Waals surface area contributed by atoms with Crippen molar-refractivity contribution in [3.63, 3.8) is 0 Å². The summed E-state index contributed by atoms with van der Waals surface area (Å²) in [6, 6.07) is 1.84. The molecule has 9 nitrogen and oxygen atoms in total. The van der Waals surface area contributed by atoms with Gasteiger partial charge in [-0.3, -0.25) is 9.59 Å². The van der Waals surface area contributed by atoms with Crippen LogP contribution in [0, 0.1) is 50.7 Å². The van der Waals surface area contributed by atoms with E-state index in [4.69, 9.17) is 23.4 Å². The molecule has 9 fully saturated rings. The first-order valence-corrected chi connectivity index (χ1v) is 17.3. The first-order chi connectivity index (χ1) is 21.3. The van der Waals surface area contributed by atoms with E-state index in [-0.39, 0.29) is 41.0 Å². The van der Waals surface area contributed by atoms with Gasteiger partial charge in [-0.2, -0.15) is 0 Å². The van der Waals surface area contributed by atoms with E-state index in [1.54, 1.807) is 12.5 Å². The SMILES string of the molecule is CC1(C)O[C@H]2[C@H]3C(=O)OC[C@@]24[C@@H]1C(=O)[C@@H](O)[C@]1(C)[C@@H]4[C@H](C[C@]32CCCC23CCCC3)C[C@@]2(C)[C@H](c3ccoc3)OC(=O)[C@H]3O[C@@]312. The molecule has 0 radical (unpaired) electrons. The number of fused-ring (bicyclic) bond motifs is 2. The van der Waals surface area contributed by atoms with Crippen LogP contribution in [0.2, 0.25) is 0 Å². The topological polar surface area (TPSA) is 125 Å². The lowest BCUT2D eigenvalue weighted by Gasteiger charge is -2.68. The van der Waals surface area contributed by atoms with Crippen molar-refractivity contribution in [2.75, 3.05) is 6.61 Å². The van der Waals surface area contributed by atoms with Crippen molar-refractivity contribution >= 4 is 17.7 Å². The zero-order valence-electron chi connectivity index (χ0n) is 26.6. The predicted molar refractivity (Wildman–Crippen MR) is 155 cm³/mol. The van der Waals surface area contributed by atoms with E-state index in [1.807, 2.05) is 26.8 Å². The summed E-state index contributed by atoms with van der Waals surface area (Å²) < 4.78 is 31.9. The molecule has 1 aromatic rings. The van der Waals surface area contributed by atoms with Crippen LogP contribution in [-0.4, -0.2) is 58.9 Å². The van der Waals surface area contributed by atoms with Crippen LogP contribution in [0.15, 0.2) is 23.0 Å². The number of cyclic esters (lactones) is 2. The molecule has 0 aromatic carbocycles. The summed E-state index contributed by atoms with van der Waals surface area (Å²) >= 11 is 0. The molecule has 45 heavy (non-hydrogen) atoms. The second kappa shape index (κ2) is 7.90. The minimum absolute atomic E-state index is 0.0157. The monoisotopic (exact) mass is 620 g/mol. The second-order valence-corrected chi connectivity index (χ2v) is 17.5. The summed E-state index contributed by atoms with van der Waals surface area (Å²) in [5.41, 5.74) is -4.32. The summed E-state index contributed by atoms with van der Waals surface area (Å²) in [6.45, 7) is 8.16. The predicted octanol–water partition coefficient (Wildman–Crippen LogP) is 4.69. The number of esters is 2. The van der Waals surface area contributed by atoms with Crippen LogP contribution in [0.25, 0.3) is 0 Å². The van der Waals surface area contributed by atoms with Gasteiger partial charge < -0.3 is 28.5 Å². The fraction of sp³-hybridized carbons (Fsp3) is 0.806. The molecular weight excluding hydrogens is 576 g/mol. The maximum Gasteiger partial charge on any atom is 0.339 e. The molecule has 1 aromatic heterocycles. The average Bonchev–Trinajstić information content (AvgIpc) is 3.35. The van der Waals surface area contributed by atoms with Gasteiger partial charge in [-0.15, -0.1) is 0 Å². The molecule has 5 heterocycles. The Labute approximate surface area is 263 Å². The maximum atomic E-state index is 14.9. The number of aliphatic hydroxyl groups is 1. The highest BCUT2D eigenvalue weighted by Gasteiger charge is 2.93. The van der Waals surface area contributed by atoms with Crippen molar-refractivity contribution in [1.29, 1.82) is 0 Å². The van der Waals surface area contributed by atoms with Crippen molar-refractivity contribution in [3.8, 4) is 0 Å². The number of epoxide rings is 1. The number of rotatable bonds is 1. The van der Waals surface area contributed by atoms with Gasteiger partial charge in [-0.05, 0) is 81.1 Å². The van der Waals surface area contributed by atoms with Gasteiger partial charge in [0.2, 0.25) is 0 Å². The Bertz CT molecular complexity index is 1540. The zero-order valence-corrected chi connectivity index (χ0v) is 26.6. The van der Waals surface area contributed by atoms with Crippen LogP contribution in [0.5, 0.6) is 0 Å². The maximum absolute atomic E-state index is 14.9. The van der Waals surface area contributed by atoms with Gasteiger partial charge >= 0.3 is 11.9 Å². The van der Waals surface area contributed by atoms with Gasteiger partial charge in [0.1, 0.15) is 24.4 Å². The Kier molecular flexibility index (Phi) is 4.89. The van der Waals surface area contributed by atoms with E-state index in [1.165, 1.54) is 0 Å². The van der Waals surface area contributed by atoms with Crippen molar-refractivity contribution < 1.29 is 42.9 Å². The number of hydrogen-bond donors (Lipinski definition) is 1. The van der Waals surface area contributed by atoms with E-state index >= 15 is 0 Å². The summed E-state index contributed by atoms with van der Waals surface area (Å²) in [6.07, 6.45) is 8.90. The molecule has 4 aliphatic heterocycles. The van der Waals surface area contributed by atoms with Crippen molar-refractivity contribution in [2.24, 2.45) is 50.7 Å². The van der Waals surface area contributed by atoms with Gasteiger partial charge in [-0.1, -0.05) is 33.1 Å². The number of carbonyl (C=O) groups is 3. The lowest BCUT2D eigenvalue weighted by molar-refractivity contribution is -0.266. The molecule has 242 valence electrons. The summed E-state index contributed by atoms with van der Waals surface area (Å²) in [7, 11) is 0. The van der Waals surface area contributed by atoms with E-state index in [9.17, 15) is 19.5 Å². The highest BCUT2D eigenvalue weighted by molar-refractivity contribution is 5.92. The Morgan fingerprint density at radius 1 is 0.889 bits per heavy atom. The number of carbonyl (C=O) groups excluding carboxylic acids is 3. The molecule has 2 bridgehead atoms. The first kappa shape index (κ1) is 27.8. The summed E-state index contributed by atoms with van der Waals surface area (Å²) in [5.74, 6) is -2.28. The van der Waals surface area contributed by atoms with E-state index in [0.717, 1.165) is 56.9 Å². The molecule has 4 saturated heterocycles. The van der Waals surface area contributed by atoms with Crippen molar-refractivity contribution in [3.05, 3.63) is 24.2 Å². The summed E-state index contributed by atoms with van der Waals surface area (Å²) in [4.78, 5) is 42.9. The van der Waals surface area contributed by atoms with Gasteiger partial charge in [0, 0.05) is 21.8 Å². The fourth-order valence-corrected chi connectivity index (χ4v) is 15.1. The van der Waals surface area contributed by atoms with Crippen molar-refractivity contribution in [1.82, 2.24) is 0 Å². The summed E-state index contributed by atoms with van der Waals surface area (Å²) in [5, 5.41) is 12.5. The normalized spacial score (nSPS) is 55.9. The Morgan fingerprint density at radius 2 is 1.64 bits per heavy atom. The van der Waals surface area contributed by atoms with Crippen molar-refractivity contribution in [2.45, 2.75) is 121 Å². The number of ketones is 1. The minimum Gasteiger partial charge on any atom is -0.472 e. The smallest absolute Gasteiger partial charge is 0.339 e. The van der Waals surface area contributed by atoms with Crippen LogP contribution < -0.4 is 0 Å². The number of Topliss-reactive ketones (excluding diaryl/α,β-unsaturated/α-hetero) is 1. The third-order valence-electron chi connectivity index (χ3n) is 16.0. The Morgan fingerprint density at radius 3 is 2.38 bits per heavy atom. The standard InChI is InChI=1S/C36H44O9/c1-30(2)23-21(37)24(38)32(4)22-19(14-31(3)25(18-8-13-41-16-18)43-29(40)27-36(31,32)45-27)15-34(12-7-11-33(34)9-5-6-10-33)20-26(44-30)35(22,23)17-42-28(20)39/h8,13,16,19-20,22-27,38H,5-7,9-12,14-15,17H2,1-4H3/t19-,20-,22-,23+,24+,25-,26-,27+,31-,32-,34+,35+,36+/m0/s1. The van der Waals surface area contributed by atoms with Gasteiger partial charge in [-0.25, -0.2) is 4.79 Å². The average molecular weight is 621 g/mol. The molecule has 5 aliphatic carbocycles. The second-order valence-electron chi connectivity index (χ2n) is 17.5. The molecule has 5 saturated carbocycles. The largest absolute Gasteiger partial charge is 0.472 e. The van der Waals surface area contributed by atoms with Gasteiger partial charge in [0.15, 0.2) is 11.9 Å². The lowest BCUT2D eigenvalue weighted by Crippen LogP contribution is -2.77. The first-order valence-electron chi connectivity index (χ1n) is 17.3. The zero-order chi connectivity index (χ0) is 31.2. The Balaban J connectivity index is 1.27. The van der Waals surface area contributed by atoms with E-state index in [2.05, 4.69) is 6.92 Å². The lowest BCUT2D eigenvalue weighted by atomic mass is 9.34. The molecule has 9 aliphatic rings. The fourth-order valence-electron chi connectivity index (χ4n) is 15.1. The van der Waals surface area contributed by atoms with Gasteiger partial charge in [0.25, 0.3) is 0 Å². The quantitative estimate of drug-likeness (QED) is 0.352. The van der Waals surface area contributed by atoms with Crippen LogP contribution in [0.1, 0.15) is 97.1 Å². The third kappa shape index (κ3) is 2.62. The van der Waals surface area contributed by atoms with Crippen LogP contribution in [0.3, 0.4) is 0 Å². The molecular formula is C36H44O9. The number of ether oxygens (including phenoxy) is 4. The Hall–Kier alpha value is -2.23. The molecule has 4 spiro atoms. The number of aliphatic hydroxyl groups excluding tert-OH is 1. The number of hydrogen-bond acceptors (Lipinski definition) is 9. The van der Waals surface area contributed by atoms with E-state index in [0.29, 0.717) is 6.42 Å². The molecule has 9 heteroatoms.